The Labute approximate surface area is 165 Å². The minimum Gasteiger partial charge on any atom is -0.352 e. The number of hydrogen-bond acceptors (Lipinski definition) is 5. The van der Waals surface area contributed by atoms with Gasteiger partial charge in [-0.3, -0.25) is 9.59 Å². The Hall–Kier alpha value is -1.68. The molecule has 150 valence electrons. The molecule has 0 aromatic heterocycles. The molecule has 8 nitrogen and oxygen atoms in total. The molecule has 3 unspecified atom stereocenters. The van der Waals surface area contributed by atoms with E-state index in [2.05, 4.69) is 10.6 Å². The molecule has 0 radical (unpaired) electrons. The number of hydrogen-bond donors (Lipinski definition) is 3. The molecule has 2 aliphatic rings. The number of nitrogens with one attached hydrogen (secondary N) is 2. The summed E-state index contributed by atoms with van der Waals surface area (Å²) in [6.45, 7) is 3.21. The lowest BCUT2D eigenvalue weighted by Crippen LogP contribution is -2.53. The number of primary sulfonamides is 1. The Morgan fingerprint density at radius 2 is 2.11 bits per heavy atom. The molecule has 1 aromatic rings. The Kier molecular flexibility index (Phi) is 6.85. The first kappa shape index (κ1) is 21.6. The molecule has 2 fully saturated rings. The highest BCUT2D eigenvalue weighted by Gasteiger charge is 2.36. The van der Waals surface area contributed by atoms with Crippen LogP contribution in [0.3, 0.4) is 0 Å². The van der Waals surface area contributed by atoms with E-state index < -0.39 is 15.9 Å². The zero-order valence-corrected chi connectivity index (χ0v) is 16.7. The lowest BCUT2D eigenvalue weighted by Gasteiger charge is -2.31. The fraction of sp³-hybridized carbons (Fsp3) is 0.529. The van der Waals surface area contributed by atoms with Crippen molar-refractivity contribution in [2.24, 2.45) is 11.1 Å². The SMILES string of the molecule is CC1NCCCC1NC(=O)C1CC(=O)N(c2cccc(S(N)(=O)=O)c2)C1.Cl. The number of carbonyl (C=O) groups is 2. The molecule has 0 aliphatic carbocycles. The number of nitrogens with zero attached hydrogens (tertiary/aromatic N) is 1. The van der Waals surface area contributed by atoms with Crippen LogP contribution in [0.4, 0.5) is 5.69 Å². The molecule has 2 amide bonds. The summed E-state index contributed by atoms with van der Waals surface area (Å²) in [5.41, 5.74) is 0.435. The van der Waals surface area contributed by atoms with E-state index in [1.54, 1.807) is 6.07 Å². The first-order valence-corrected chi connectivity index (χ1v) is 10.3. The van der Waals surface area contributed by atoms with Crippen LogP contribution in [0.1, 0.15) is 26.2 Å². The van der Waals surface area contributed by atoms with Crippen LogP contribution in [-0.2, 0) is 19.6 Å². The fourth-order valence-corrected chi connectivity index (χ4v) is 4.06. The van der Waals surface area contributed by atoms with Gasteiger partial charge in [-0.2, -0.15) is 0 Å². The maximum absolute atomic E-state index is 12.6. The van der Waals surface area contributed by atoms with Crippen molar-refractivity contribution < 1.29 is 18.0 Å². The van der Waals surface area contributed by atoms with Crippen LogP contribution in [0.15, 0.2) is 29.2 Å². The molecule has 2 saturated heterocycles. The number of benzene rings is 1. The summed E-state index contributed by atoms with van der Waals surface area (Å²) in [7, 11) is -3.85. The van der Waals surface area contributed by atoms with Crippen molar-refractivity contribution in [3.63, 3.8) is 0 Å². The Bertz CT molecular complexity index is 817. The first-order valence-electron chi connectivity index (χ1n) is 8.72. The predicted octanol–water partition coefficient (Wildman–Crippen LogP) is 0.365. The van der Waals surface area contributed by atoms with Gasteiger partial charge in [0.05, 0.1) is 10.8 Å². The molecule has 1 aromatic carbocycles. The van der Waals surface area contributed by atoms with Crippen LogP contribution >= 0.6 is 12.4 Å². The molecule has 0 spiro atoms. The minimum absolute atomic E-state index is 0. The van der Waals surface area contributed by atoms with Crippen molar-refractivity contribution in [1.82, 2.24) is 10.6 Å². The second kappa shape index (κ2) is 8.55. The summed E-state index contributed by atoms with van der Waals surface area (Å²) >= 11 is 0. The van der Waals surface area contributed by atoms with E-state index in [-0.39, 0.29) is 54.2 Å². The van der Waals surface area contributed by atoms with E-state index in [0.717, 1.165) is 19.4 Å². The quantitative estimate of drug-likeness (QED) is 0.654. The summed E-state index contributed by atoms with van der Waals surface area (Å²) in [6, 6.07) is 6.17. The summed E-state index contributed by atoms with van der Waals surface area (Å²) in [4.78, 5) is 26.3. The van der Waals surface area contributed by atoms with E-state index in [9.17, 15) is 18.0 Å². The average Bonchev–Trinajstić information content (AvgIpc) is 2.98. The van der Waals surface area contributed by atoms with Gasteiger partial charge < -0.3 is 15.5 Å². The van der Waals surface area contributed by atoms with Gasteiger partial charge in [-0.05, 0) is 44.5 Å². The van der Waals surface area contributed by atoms with Crippen LogP contribution < -0.4 is 20.7 Å². The number of nitrogens with two attached hydrogens (primary N) is 1. The van der Waals surface area contributed by atoms with E-state index in [1.807, 2.05) is 6.92 Å². The van der Waals surface area contributed by atoms with Crippen molar-refractivity contribution >= 4 is 39.9 Å². The zero-order chi connectivity index (χ0) is 18.9. The van der Waals surface area contributed by atoms with Crippen LogP contribution in [0.5, 0.6) is 0 Å². The summed E-state index contributed by atoms with van der Waals surface area (Å²) in [5.74, 6) is -0.787. The van der Waals surface area contributed by atoms with Gasteiger partial charge in [0, 0.05) is 30.7 Å². The Balaban J connectivity index is 0.00000261. The fourth-order valence-electron chi connectivity index (χ4n) is 3.50. The molecule has 0 bridgehead atoms. The summed E-state index contributed by atoms with van der Waals surface area (Å²) in [6.07, 6.45) is 2.03. The largest absolute Gasteiger partial charge is 0.352 e. The number of halogens is 1. The van der Waals surface area contributed by atoms with E-state index in [1.165, 1.54) is 23.1 Å². The van der Waals surface area contributed by atoms with Crippen LogP contribution in [0.2, 0.25) is 0 Å². The highest BCUT2D eigenvalue weighted by atomic mass is 35.5. The molecule has 2 heterocycles. The maximum Gasteiger partial charge on any atom is 0.238 e. The molecule has 27 heavy (non-hydrogen) atoms. The van der Waals surface area contributed by atoms with Gasteiger partial charge in [0.2, 0.25) is 21.8 Å². The van der Waals surface area contributed by atoms with E-state index >= 15 is 0 Å². The molecule has 4 N–H and O–H groups in total. The van der Waals surface area contributed by atoms with Crippen molar-refractivity contribution in [3.05, 3.63) is 24.3 Å². The van der Waals surface area contributed by atoms with Gasteiger partial charge in [0.15, 0.2) is 0 Å². The van der Waals surface area contributed by atoms with Gasteiger partial charge in [0.25, 0.3) is 0 Å². The third kappa shape index (κ3) is 4.98. The van der Waals surface area contributed by atoms with E-state index in [0.29, 0.717) is 5.69 Å². The second-order valence-electron chi connectivity index (χ2n) is 6.95. The average molecular weight is 417 g/mol. The summed E-state index contributed by atoms with van der Waals surface area (Å²) in [5, 5.41) is 11.5. The molecular formula is C17H25ClN4O4S. The standard InChI is InChI=1S/C17H24N4O4S.ClH/c1-11-15(6-3-7-19-11)20-17(23)12-8-16(22)21(10-12)13-4-2-5-14(9-13)26(18,24)25;/h2,4-5,9,11-12,15,19H,3,6-8,10H2,1H3,(H,20,23)(H2,18,24,25);1H. The first-order chi connectivity index (χ1) is 12.3. The lowest BCUT2D eigenvalue weighted by atomic mass is 9.98. The maximum atomic E-state index is 12.6. The topological polar surface area (TPSA) is 122 Å². The molecular weight excluding hydrogens is 392 g/mol. The molecule has 3 rings (SSSR count). The molecule has 10 heteroatoms. The monoisotopic (exact) mass is 416 g/mol. The van der Waals surface area contributed by atoms with Gasteiger partial charge >= 0.3 is 0 Å². The van der Waals surface area contributed by atoms with Crippen LogP contribution in [-0.4, -0.2) is 45.4 Å². The van der Waals surface area contributed by atoms with Crippen LogP contribution in [0.25, 0.3) is 0 Å². The number of amides is 2. The molecule has 0 saturated carbocycles. The number of carbonyl (C=O) groups excluding carboxylic acids is 2. The van der Waals surface area contributed by atoms with Gasteiger partial charge in [-0.25, -0.2) is 13.6 Å². The van der Waals surface area contributed by atoms with Crippen molar-refractivity contribution in [2.45, 2.75) is 43.2 Å². The van der Waals surface area contributed by atoms with Gasteiger partial charge in [-0.1, -0.05) is 6.07 Å². The highest BCUT2D eigenvalue weighted by Crippen LogP contribution is 2.27. The summed E-state index contributed by atoms with van der Waals surface area (Å²) < 4.78 is 23.0. The number of sulfonamides is 1. The zero-order valence-electron chi connectivity index (χ0n) is 15.1. The minimum atomic E-state index is -3.85. The Morgan fingerprint density at radius 3 is 2.78 bits per heavy atom. The lowest BCUT2D eigenvalue weighted by molar-refractivity contribution is -0.127. The molecule has 2 aliphatic heterocycles. The van der Waals surface area contributed by atoms with Crippen LogP contribution in [0, 0.1) is 5.92 Å². The predicted molar refractivity (Wildman–Crippen MR) is 104 cm³/mol. The highest BCUT2D eigenvalue weighted by molar-refractivity contribution is 7.89. The number of piperidine rings is 1. The number of rotatable bonds is 4. The third-order valence-corrected chi connectivity index (χ3v) is 5.95. The van der Waals surface area contributed by atoms with Gasteiger partial charge in [-0.15, -0.1) is 12.4 Å². The van der Waals surface area contributed by atoms with Crippen molar-refractivity contribution in [3.8, 4) is 0 Å². The Morgan fingerprint density at radius 1 is 1.37 bits per heavy atom. The van der Waals surface area contributed by atoms with Gasteiger partial charge in [0.1, 0.15) is 0 Å². The van der Waals surface area contributed by atoms with Crippen molar-refractivity contribution in [1.29, 1.82) is 0 Å². The second-order valence-corrected chi connectivity index (χ2v) is 8.51. The number of anilines is 1. The van der Waals surface area contributed by atoms with Crippen molar-refractivity contribution in [2.75, 3.05) is 18.0 Å². The third-order valence-electron chi connectivity index (χ3n) is 5.04. The smallest absolute Gasteiger partial charge is 0.238 e. The normalized spacial score (nSPS) is 25.8. The molecule has 3 atom stereocenters. The van der Waals surface area contributed by atoms with E-state index in [4.69, 9.17) is 5.14 Å².